The topological polar surface area (TPSA) is 28.2 Å². The molecule has 0 aromatic carbocycles. The lowest BCUT2D eigenvalue weighted by atomic mass is 10.2. The largest absolute Gasteiger partial charge is 0.355 e. The first-order valence-corrected chi connectivity index (χ1v) is 5.79. The molecule has 82 valence electrons. The summed E-state index contributed by atoms with van der Waals surface area (Å²) in [5, 5.41) is 3.52. The lowest BCUT2D eigenvalue weighted by Crippen LogP contribution is -2.37. The molecule has 15 heavy (non-hydrogen) atoms. The third-order valence-electron chi connectivity index (χ3n) is 2.96. The van der Waals surface area contributed by atoms with Gasteiger partial charge >= 0.3 is 0 Å². The van der Waals surface area contributed by atoms with Crippen molar-refractivity contribution in [2.45, 2.75) is 25.8 Å². The number of pyridine rings is 1. The summed E-state index contributed by atoms with van der Waals surface area (Å²) in [6.07, 6.45) is 4.47. The minimum Gasteiger partial charge on any atom is -0.355 e. The van der Waals surface area contributed by atoms with E-state index in [1.54, 1.807) is 0 Å². The number of aromatic nitrogens is 1. The normalized spacial score (nSPS) is 20.5. The molecule has 1 atom stereocenters. The predicted octanol–water partition coefficient (Wildman–Crippen LogP) is 1.66. The first-order valence-electron chi connectivity index (χ1n) is 5.79. The van der Waals surface area contributed by atoms with Crippen LogP contribution in [-0.2, 0) is 0 Å². The quantitative estimate of drug-likeness (QED) is 0.810. The Kier molecular flexibility index (Phi) is 3.56. The zero-order valence-electron chi connectivity index (χ0n) is 9.32. The summed E-state index contributed by atoms with van der Waals surface area (Å²) in [6, 6.07) is 6.74. The molecule has 3 nitrogen and oxygen atoms in total. The molecule has 2 heterocycles. The van der Waals surface area contributed by atoms with Crippen LogP contribution in [0.25, 0.3) is 0 Å². The average molecular weight is 205 g/mol. The summed E-state index contributed by atoms with van der Waals surface area (Å²) in [5.74, 6) is 1.09. The van der Waals surface area contributed by atoms with Crippen molar-refractivity contribution in [3.05, 3.63) is 24.4 Å². The maximum atomic E-state index is 4.39. The molecule has 0 aliphatic carbocycles. The Balaban J connectivity index is 1.97. The Hall–Kier alpha value is -1.09. The number of nitrogens with one attached hydrogen (secondary N) is 1. The molecule has 1 aliphatic rings. The Morgan fingerprint density at radius 1 is 1.53 bits per heavy atom. The standard InChI is InChI=1S/C12H19N3/c1-2-15(10-11-6-5-9-13-11)12-7-3-4-8-14-12/h3-4,7-8,11,13H,2,5-6,9-10H2,1H3. The van der Waals surface area contributed by atoms with Crippen LogP contribution in [0.1, 0.15) is 19.8 Å². The van der Waals surface area contributed by atoms with Gasteiger partial charge in [0.15, 0.2) is 0 Å². The number of hydrogen-bond donors (Lipinski definition) is 1. The monoisotopic (exact) mass is 205 g/mol. The van der Waals surface area contributed by atoms with Gasteiger partial charge in [0.2, 0.25) is 0 Å². The van der Waals surface area contributed by atoms with Gasteiger partial charge in [-0.1, -0.05) is 6.07 Å². The number of hydrogen-bond acceptors (Lipinski definition) is 3. The Morgan fingerprint density at radius 2 is 2.47 bits per heavy atom. The molecule has 1 fully saturated rings. The maximum Gasteiger partial charge on any atom is 0.128 e. The van der Waals surface area contributed by atoms with Crippen molar-refractivity contribution in [1.82, 2.24) is 10.3 Å². The van der Waals surface area contributed by atoms with E-state index in [-0.39, 0.29) is 0 Å². The van der Waals surface area contributed by atoms with E-state index in [1.807, 2.05) is 18.3 Å². The molecule has 1 unspecified atom stereocenters. The third kappa shape index (κ3) is 2.69. The predicted molar refractivity (Wildman–Crippen MR) is 63.1 cm³/mol. The molecule has 0 bridgehead atoms. The van der Waals surface area contributed by atoms with Gasteiger partial charge in [0, 0.05) is 25.3 Å². The van der Waals surface area contributed by atoms with Crippen LogP contribution >= 0.6 is 0 Å². The van der Waals surface area contributed by atoms with E-state index in [0.717, 1.165) is 18.9 Å². The smallest absolute Gasteiger partial charge is 0.128 e. The first-order chi connectivity index (χ1) is 7.40. The molecule has 1 aromatic rings. The Labute approximate surface area is 91.5 Å². The molecular formula is C12H19N3. The van der Waals surface area contributed by atoms with Crippen LogP contribution in [-0.4, -0.2) is 30.7 Å². The fourth-order valence-electron chi connectivity index (χ4n) is 2.10. The van der Waals surface area contributed by atoms with E-state index in [4.69, 9.17) is 0 Å². The molecule has 0 radical (unpaired) electrons. The van der Waals surface area contributed by atoms with Gasteiger partial charge in [-0.05, 0) is 38.4 Å². The number of nitrogens with zero attached hydrogens (tertiary/aromatic N) is 2. The molecule has 0 saturated carbocycles. The van der Waals surface area contributed by atoms with E-state index in [9.17, 15) is 0 Å². The second-order valence-corrected chi connectivity index (χ2v) is 4.02. The third-order valence-corrected chi connectivity index (χ3v) is 2.96. The van der Waals surface area contributed by atoms with Crippen molar-refractivity contribution in [1.29, 1.82) is 0 Å². The fourth-order valence-corrected chi connectivity index (χ4v) is 2.10. The zero-order valence-corrected chi connectivity index (χ0v) is 9.32. The molecule has 0 spiro atoms. The summed E-state index contributed by atoms with van der Waals surface area (Å²) >= 11 is 0. The van der Waals surface area contributed by atoms with Crippen LogP contribution in [0, 0.1) is 0 Å². The van der Waals surface area contributed by atoms with Gasteiger partial charge in [0.05, 0.1) is 0 Å². The zero-order chi connectivity index (χ0) is 10.5. The summed E-state index contributed by atoms with van der Waals surface area (Å²) in [5.41, 5.74) is 0. The number of rotatable bonds is 4. The van der Waals surface area contributed by atoms with Crippen LogP contribution < -0.4 is 10.2 Å². The highest BCUT2D eigenvalue weighted by Crippen LogP contribution is 2.13. The summed E-state index contributed by atoms with van der Waals surface area (Å²) < 4.78 is 0. The summed E-state index contributed by atoms with van der Waals surface area (Å²) in [4.78, 5) is 6.73. The van der Waals surface area contributed by atoms with Crippen molar-refractivity contribution in [3.63, 3.8) is 0 Å². The minimum absolute atomic E-state index is 0.645. The molecule has 2 rings (SSSR count). The Bertz CT molecular complexity index is 280. The lowest BCUT2D eigenvalue weighted by molar-refractivity contribution is 0.584. The average Bonchev–Trinajstić information content (AvgIpc) is 2.80. The van der Waals surface area contributed by atoms with Gasteiger partial charge in [-0.15, -0.1) is 0 Å². The van der Waals surface area contributed by atoms with Crippen molar-refractivity contribution in [2.24, 2.45) is 0 Å². The highest BCUT2D eigenvalue weighted by Gasteiger charge is 2.17. The van der Waals surface area contributed by atoms with Gasteiger partial charge in [0.1, 0.15) is 5.82 Å². The SMILES string of the molecule is CCN(CC1CCCN1)c1ccccn1. The lowest BCUT2D eigenvalue weighted by Gasteiger charge is -2.25. The highest BCUT2D eigenvalue weighted by molar-refractivity contribution is 5.37. The molecule has 1 saturated heterocycles. The molecule has 1 aliphatic heterocycles. The van der Waals surface area contributed by atoms with Crippen LogP contribution in [0.4, 0.5) is 5.82 Å². The molecule has 3 heteroatoms. The van der Waals surface area contributed by atoms with Gasteiger partial charge in [-0.3, -0.25) is 0 Å². The molecule has 1 N–H and O–H groups in total. The van der Waals surface area contributed by atoms with Crippen molar-refractivity contribution < 1.29 is 0 Å². The second kappa shape index (κ2) is 5.12. The van der Waals surface area contributed by atoms with Crippen molar-refractivity contribution in [2.75, 3.05) is 24.5 Å². The summed E-state index contributed by atoms with van der Waals surface area (Å²) in [6.45, 7) is 5.46. The highest BCUT2D eigenvalue weighted by atomic mass is 15.2. The van der Waals surface area contributed by atoms with E-state index in [0.29, 0.717) is 6.04 Å². The van der Waals surface area contributed by atoms with E-state index in [2.05, 4.69) is 28.2 Å². The van der Waals surface area contributed by atoms with Crippen LogP contribution in [0.5, 0.6) is 0 Å². The van der Waals surface area contributed by atoms with E-state index >= 15 is 0 Å². The molecular weight excluding hydrogens is 186 g/mol. The fraction of sp³-hybridized carbons (Fsp3) is 0.583. The van der Waals surface area contributed by atoms with E-state index in [1.165, 1.54) is 19.4 Å². The first kappa shape index (κ1) is 10.4. The van der Waals surface area contributed by atoms with E-state index < -0.39 is 0 Å². The molecule has 0 amide bonds. The number of likely N-dealkylation sites (N-methyl/N-ethyl adjacent to an activating group) is 1. The minimum atomic E-state index is 0.645. The van der Waals surface area contributed by atoms with Gasteiger partial charge in [-0.25, -0.2) is 4.98 Å². The van der Waals surface area contributed by atoms with Gasteiger partial charge < -0.3 is 10.2 Å². The van der Waals surface area contributed by atoms with Crippen LogP contribution in [0.15, 0.2) is 24.4 Å². The molecule has 1 aromatic heterocycles. The van der Waals surface area contributed by atoms with Crippen molar-refractivity contribution in [3.8, 4) is 0 Å². The second-order valence-electron chi connectivity index (χ2n) is 4.02. The summed E-state index contributed by atoms with van der Waals surface area (Å²) in [7, 11) is 0. The maximum absolute atomic E-state index is 4.39. The Morgan fingerprint density at radius 3 is 3.07 bits per heavy atom. The van der Waals surface area contributed by atoms with Gasteiger partial charge in [-0.2, -0.15) is 0 Å². The van der Waals surface area contributed by atoms with Crippen LogP contribution in [0.2, 0.25) is 0 Å². The van der Waals surface area contributed by atoms with Crippen molar-refractivity contribution >= 4 is 5.82 Å². The van der Waals surface area contributed by atoms with Gasteiger partial charge in [0.25, 0.3) is 0 Å². The number of anilines is 1. The van der Waals surface area contributed by atoms with Crippen LogP contribution in [0.3, 0.4) is 0 Å².